The number of esters is 1. The minimum absolute atomic E-state index is 0.0911. The van der Waals surface area contributed by atoms with Crippen LogP contribution in [0.1, 0.15) is 50.3 Å². The average molecular weight is 434 g/mol. The van der Waals surface area contributed by atoms with Crippen molar-refractivity contribution in [3.63, 3.8) is 0 Å². The van der Waals surface area contributed by atoms with Crippen molar-refractivity contribution in [3.05, 3.63) is 47.4 Å². The zero-order valence-corrected chi connectivity index (χ0v) is 18.0. The zero-order valence-electron chi connectivity index (χ0n) is 18.0. The Labute approximate surface area is 180 Å². The molecule has 3 rings (SSSR count). The van der Waals surface area contributed by atoms with Gasteiger partial charge in [-0.25, -0.2) is 18.6 Å². The maximum atomic E-state index is 14.2. The summed E-state index contributed by atoms with van der Waals surface area (Å²) in [5, 5.41) is 6.11. The number of benzene rings is 1. The summed E-state index contributed by atoms with van der Waals surface area (Å²) in [6.45, 7) is 3.65. The van der Waals surface area contributed by atoms with Gasteiger partial charge in [0.1, 0.15) is 17.7 Å². The number of aromatic nitrogens is 2. The van der Waals surface area contributed by atoms with Crippen LogP contribution in [0.3, 0.4) is 0 Å². The van der Waals surface area contributed by atoms with Gasteiger partial charge in [-0.2, -0.15) is 0 Å². The van der Waals surface area contributed by atoms with Gasteiger partial charge < -0.3 is 19.9 Å². The number of fused-ring (bicyclic) bond motifs is 1. The average Bonchev–Trinajstić information content (AvgIpc) is 3.21. The van der Waals surface area contributed by atoms with Crippen molar-refractivity contribution in [2.45, 2.75) is 64.1 Å². The van der Waals surface area contributed by atoms with Crippen molar-refractivity contribution in [1.82, 2.24) is 14.9 Å². The summed E-state index contributed by atoms with van der Waals surface area (Å²) in [5.41, 5.74) is 1.20. The third kappa shape index (κ3) is 5.46. The maximum absolute atomic E-state index is 14.2. The molecule has 0 saturated carbocycles. The molecule has 2 aromatic rings. The summed E-state index contributed by atoms with van der Waals surface area (Å²) in [6, 6.07) is 1.16. The predicted octanol–water partition coefficient (Wildman–Crippen LogP) is 3.15. The van der Waals surface area contributed by atoms with Gasteiger partial charge in [-0.1, -0.05) is 13.3 Å². The van der Waals surface area contributed by atoms with E-state index in [1.165, 1.54) is 19.5 Å². The first kappa shape index (κ1) is 22.9. The van der Waals surface area contributed by atoms with Crippen LogP contribution in [0.15, 0.2) is 24.7 Å². The molecule has 1 aliphatic carbocycles. The number of carbonyl (C=O) groups excluding carboxylic acids is 2. The van der Waals surface area contributed by atoms with Crippen molar-refractivity contribution in [3.8, 4) is 0 Å². The highest BCUT2D eigenvalue weighted by Crippen LogP contribution is 2.26. The van der Waals surface area contributed by atoms with Crippen molar-refractivity contribution >= 4 is 17.7 Å². The lowest BCUT2D eigenvalue weighted by molar-refractivity contribution is -0.144. The van der Waals surface area contributed by atoms with Crippen LogP contribution in [0.2, 0.25) is 0 Å². The fraction of sp³-hybridized carbons (Fsp3) is 0.500. The summed E-state index contributed by atoms with van der Waals surface area (Å²) >= 11 is 0. The summed E-state index contributed by atoms with van der Waals surface area (Å²) < 4.78 is 33.9. The first-order valence-electron chi connectivity index (χ1n) is 10.5. The summed E-state index contributed by atoms with van der Waals surface area (Å²) in [4.78, 5) is 28.7. The van der Waals surface area contributed by atoms with E-state index in [0.717, 1.165) is 12.5 Å². The Balaban J connectivity index is 1.65. The lowest BCUT2D eigenvalue weighted by Gasteiger charge is -2.29. The molecule has 0 aliphatic heterocycles. The number of anilines is 1. The fourth-order valence-corrected chi connectivity index (χ4v) is 3.91. The Bertz CT molecular complexity index is 947. The van der Waals surface area contributed by atoms with Crippen molar-refractivity contribution in [2.24, 2.45) is 0 Å². The van der Waals surface area contributed by atoms with Crippen LogP contribution in [-0.2, 0) is 27.2 Å². The number of methoxy groups -OCH3 is 1. The van der Waals surface area contributed by atoms with Gasteiger partial charge in [0.2, 0.25) is 5.91 Å². The van der Waals surface area contributed by atoms with Gasteiger partial charge >= 0.3 is 5.97 Å². The molecule has 1 amide bonds. The molecule has 3 unspecified atom stereocenters. The lowest BCUT2D eigenvalue weighted by atomic mass is 9.87. The number of hydrogen-bond donors (Lipinski definition) is 2. The van der Waals surface area contributed by atoms with Crippen LogP contribution in [0.4, 0.5) is 14.6 Å². The van der Waals surface area contributed by atoms with Gasteiger partial charge in [0, 0.05) is 18.3 Å². The molecular formula is C22H28F2N4O3. The van der Waals surface area contributed by atoms with Gasteiger partial charge in [0.05, 0.1) is 19.5 Å². The number of ether oxygens (including phenoxy) is 1. The zero-order chi connectivity index (χ0) is 22.5. The number of nitrogens with zero attached hydrogens (tertiary/aromatic N) is 2. The molecule has 1 aliphatic rings. The first-order valence-corrected chi connectivity index (χ1v) is 10.5. The fourth-order valence-electron chi connectivity index (χ4n) is 3.91. The molecule has 1 aromatic carbocycles. The Hall–Kier alpha value is -2.81. The van der Waals surface area contributed by atoms with E-state index < -0.39 is 29.7 Å². The van der Waals surface area contributed by atoms with Crippen LogP contribution in [0, 0.1) is 11.6 Å². The Morgan fingerprint density at radius 3 is 2.84 bits per heavy atom. The number of imidazole rings is 1. The second-order valence-corrected chi connectivity index (χ2v) is 7.87. The van der Waals surface area contributed by atoms with Crippen molar-refractivity contribution < 1.29 is 23.1 Å². The van der Waals surface area contributed by atoms with Crippen LogP contribution >= 0.6 is 0 Å². The molecule has 168 valence electrons. The van der Waals surface area contributed by atoms with Gasteiger partial charge in [-0.15, -0.1) is 0 Å². The lowest BCUT2D eigenvalue weighted by Crippen LogP contribution is -2.48. The molecule has 0 spiro atoms. The van der Waals surface area contributed by atoms with Crippen LogP contribution in [-0.4, -0.2) is 40.6 Å². The third-order valence-corrected chi connectivity index (χ3v) is 5.64. The summed E-state index contributed by atoms with van der Waals surface area (Å²) in [6.07, 6.45) is 6.05. The van der Waals surface area contributed by atoms with Gasteiger partial charge in [0.25, 0.3) is 0 Å². The molecule has 1 aromatic heterocycles. The van der Waals surface area contributed by atoms with Gasteiger partial charge in [-0.05, 0) is 49.8 Å². The third-order valence-electron chi connectivity index (χ3n) is 5.64. The van der Waals surface area contributed by atoms with E-state index in [-0.39, 0.29) is 11.9 Å². The SMILES string of the molecule is CCCC(NC1CCc2cc(F)cc(F)c2C1)C(=O)Nc1cn(C(C)C(=O)OC)cn1. The number of hydrogen-bond acceptors (Lipinski definition) is 5. The number of halogens is 2. The number of amides is 1. The standard InChI is InChI=1S/C22H28F2N4O3/c1-4-5-19(21(29)27-20-11-28(12-25-20)13(2)22(30)31-3)26-16-7-6-14-8-15(23)9-18(24)17(14)10-16/h8-9,11-13,16,19,26H,4-7,10H2,1-3H3,(H,27,29). The van der Waals surface area contributed by atoms with E-state index in [1.54, 1.807) is 17.7 Å². The van der Waals surface area contributed by atoms with Gasteiger partial charge in [-0.3, -0.25) is 4.79 Å². The molecule has 0 saturated heterocycles. The van der Waals surface area contributed by atoms with E-state index in [1.807, 2.05) is 6.92 Å². The van der Waals surface area contributed by atoms with E-state index in [9.17, 15) is 18.4 Å². The van der Waals surface area contributed by atoms with E-state index >= 15 is 0 Å². The molecule has 7 nitrogen and oxygen atoms in total. The van der Waals surface area contributed by atoms with Crippen molar-refractivity contribution in [1.29, 1.82) is 0 Å². The van der Waals surface area contributed by atoms with E-state index in [4.69, 9.17) is 4.74 Å². The summed E-state index contributed by atoms with van der Waals surface area (Å²) in [5.74, 6) is -1.43. The normalized spacial score (nSPS) is 17.5. The largest absolute Gasteiger partial charge is 0.467 e. The van der Waals surface area contributed by atoms with Crippen LogP contribution in [0.5, 0.6) is 0 Å². The number of nitrogens with one attached hydrogen (secondary N) is 2. The highest BCUT2D eigenvalue weighted by molar-refractivity contribution is 5.94. The number of carbonyl (C=O) groups is 2. The molecule has 31 heavy (non-hydrogen) atoms. The molecule has 0 fully saturated rings. The minimum Gasteiger partial charge on any atom is -0.467 e. The van der Waals surface area contributed by atoms with E-state index in [0.29, 0.717) is 42.6 Å². The quantitative estimate of drug-likeness (QED) is 0.624. The molecule has 3 atom stereocenters. The predicted molar refractivity (Wildman–Crippen MR) is 112 cm³/mol. The molecule has 0 bridgehead atoms. The Morgan fingerprint density at radius 1 is 1.35 bits per heavy atom. The molecule has 0 radical (unpaired) electrons. The molecule has 2 N–H and O–H groups in total. The maximum Gasteiger partial charge on any atom is 0.328 e. The highest BCUT2D eigenvalue weighted by atomic mass is 19.1. The second kappa shape index (κ2) is 10.00. The summed E-state index contributed by atoms with van der Waals surface area (Å²) in [7, 11) is 1.31. The van der Waals surface area contributed by atoms with Crippen LogP contribution in [0.25, 0.3) is 0 Å². The molecule has 1 heterocycles. The second-order valence-electron chi connectivity index (χ2n) is 7.87. The van der Waals surface area contributed by atoms with E-state index in [2.05, 4.69) is 15.6 Å². The molecule has 9 heteroatoms. The van der Waals surface area contributed by atoms with Crippen molar-refractivity contribution in [2.75, 3.05) is 12.4 Å². The highest BCUT2D eigenvalue weighted by Gasteiger charge is 2.27. The van der Waals surface area contributed by atoms with Crippen LogP contribution < -0.4 is 10.6 Å². The molecular weight excluding hydrogens is 406 g/mol. The Kier molecular flexibility index (Phi) is 7.37. The topological polar surface area (TPSA) is 85.2 Å². The first-order chi connectivity index (χ1) is 14.8. The minimum atomic E-state index is -0.563. The Morgan fingerprint density at radius 2 is 2.13 bits per heavy atom. The number of aryl methyl sites for hydroxylation is 1. The monoisotopic (exact) mass is 434 g/mol. The number of rotatable bonds is 8. The van der Waals surface area contributed by atoms with Gasteiger partial charge in [0.15, 0.2) is 5.82 Å². The smallest absolute Gasteiger partial charge is 0.328 e.